The molecule has 2 rings (SSSR count). The zero-order valence-corrected chi connectivity index (χ0v) is 13.1. The van der Waals surface area contributed by atoms with E-state index in [1.54, 1.807) is 12.1 Å². The van der Waals surface area contributed by atoms with Crippen LogP contribution in [0.5, 0.6) is 0 Å². The van der Waals surface area contributed by atoms with Gasteiger partial charge >= 0.3 is 0 Å². The van der Waals surface area contributed by atoms with Crippen LogP contribution in [0.4, 0.5) is 4.39 Å². The van der Waals surface area contributed by atoms with Crippen molar-refractivity contribution < 1.29 is 4.39 Å². The van der Waals surface area contributed by atoms with Gasteiger partial charge in [-0.15, -0.1) is 0 Å². The molecule has 1 unspecified atom stereocenters. The van der Waals surface area contributed by atoms with Gasteiger partial charge in [-0.25, -0.2) is 4.39 Å². The monoisotopic (exact) mass is 320 g/mol. The lowest BCUT2D eigenvalue weighted by molar-refractivity contribution is 0.624. The van der Waals surface area contributed by atoms with Crippen LogP contribution in [0, 0.1) is 12.7 Å². The van der Waals surface area contributed by atoms with Crippen molar-refractivity contribution in [2.45, 2.75) is 33.1 Å². The Kier molecular flexibility index (Phi) is 4.41. The predicted molar refractivity (Wildman–Crippen MR) is 82.2 cm³/mol. The first-order chi connectivity index (χ1) is 9.02. The van der Waals surface area contributed by atoms with Crippen LogP contribution in [0.25, 0.3) is 0 Å². The zero-order valence-electron chi connectivity index (χ0n) is 11.5. The number of hydrogen-bond acceptors (Lipinski definition) is 0. The molecule has 0 N–H and O–H groups in total. The van der Waals surface area contributed by atoms with Gasteiger partial charge in [-0.1, -0.05) is 48.0 Å². The van der Waals surface area contributed by atoms with Crippen LogP contribution in [-0.4, -0.2) is 0 Å². The van der Waals surface area contributed by atoms with Crippen molar-refractivity contribution in [2.24, 2.45) is 0 Å². The Balaban J connectivity index is 2.46. The van der Waals surface area contributed by atoms with Crippen LogP contribution >= 0.6 is 15.9 Å². The Morgan fingerprint density at radius 1 is 1.11 bits per heavy atom. The third-order valence-electron chi connectivity index (χ3n) is 3.57. The van der Waals surface area contributed by atoms with Gasteiger partial charge in [0, 0.05) is 10.4 Å². The minimum absolute atomic E-state index is 0.157. The molecule has 19 heavy (non-hydrogen) atoms. The summed E-state index contributed by atoms with van der Waals surface area (Å²) in [6.07, 6.45) is 0.848. The van der Waals surface area contributed by atoms with Gasteiger partial charge in [0.25, 0.3) is 0 Å². The fourth-order valence-electron chi connectivity index (χ4n) is 2.45. The van der Waals surface area contributed by atoms with Crippen LogP contribution < -0.4 is 0 Å². The summed E-state index contributed by atoms with van der Waals surface area (Å²) in [5.41, 5.74) is 4.76. The summed E-state index contributed by atoms with van der Waals surface area (Å²) in [5.74, 6) is 0.0984. The van der Waals surface area contributed by atoms with Crippen LogP contribution in [-0.2, 0) is 6.42 Å². The number of rotatable bonds is 3. The van der Waals surface area contributed by atoms with E-state index in [4.69, 9.17) is 0 Å². The summed E-state index contributed by atoms with van der Waals surface area (Å²) in [7, 11) is 0. The van der Waals surface area contributed by atoms with Gasteiger partial charge in [0.15, 0.2) is 0 Å². The summed E-state index contributed by atoms with van der Waals surface area (Å²) < 4.78 is 14.4. The van der Waals surface area contributed by atoms with Gasteiger partial charge in [-0.05, 0) is 53.8 Å². The summed E-state index contributed by atoms with van der Waals surface area (Å²) >= 11 is 3.63. The van der Waals surface area contributed by atoms with Crippen LogP contribution in [0.3, 0.4) is 0 Å². The average molecular weight is 321 g/mol. The maximum atomic E-state index is 13.3. The quantitative estimate of drug-likeness (QED) is 0.689. The molecule has 0 aliphatic rings. The Morgan fingerprint density at radius 3 is 2.42 bits per heavy atom. The fraction of sp³-hybridized carbons (Fsp3) is 0.294. The van der Waals surface area contributed by atoms with Crippen molar-refractivity contribution in [3.8, 4) is 0 Å². The highest BCUT2D eigenvalue weighted by atomic mass is 79.9. The molecule has 0 fully saturated rings. The lowest BCUT2D eigenvalue weighted by Crippen LogP contribution is -2.02. The molecule has 0 amide bonds. The molecule has 2 aromatic carbocycles. The molecule has 0 aromatic heterocycles. The third-order valence-corrected chi connectivity index (χ3v) is 4.26. The van der Waals surface area contributed by atoms with E-state index in [0.29, 0.717) is 0 Å². The van der Waals surface area contributed by atoms with Gasteiger partial charge < -0.3 is 0 Å². The minimum atomic E-state index is -0.157. The lowest BCUT2D eigenvalue weighted by Gasteiger charge is -2.18. The van der Waals surface area contributed by atoms with E-state index in [1.807, 2.05) is 6.07 Å². The summed E-state index contributed by atoms with van der Waals surface area (Å²) in [5, 5.41) is 0. The second-order valence-electron chi connectivity index (χ2n) is 4.94. The summed E-state index contributed by atoms with van der Waals surface area (Å²) in [6.45, 7) is 6.31. The molecule has 0 spiro atoms. The maximum Gasteiger partial charge on any atom is 0.123 e. The first-order valence-corrected chi connectivity index (χ1v) is 7.36. The molecule has 0 bridgehead atoms. The van der Waals surface area contributed by atoms with E-state index in [0.717, 1.165) is 16.5 Å². The average Bonchev–Trinajstić information content (AvgIpc) is 2.37. The van der Waals surface area contributed by atoms with Crippen molar-refractivity contribution in [1.29, 1.82) is 0 Å². The van der Waals surface area contributed by atoms with Gasteiger partial charge in [0.05, 0.1) is 0 Å². The van der Waals surface area contributed by atoms with Crippen molar-refractivity contribution in [3.63, 3.8) is 0 Å². The largest absolute Gasteiger partial charge is 0.207 e. The van der Waals surface area contributed by atoms with Gasteiger partial charge in [0.1, 0.15) is 5.82 Å². The highest BCUT2D eigenvalue weighted by Gasteiger charge is 2.15. The molecular weight excluding hydrogens is 303 g/mol. The van der Waals surface area contributed by atoms with Crippen LogP contribution in [0.15, 0.2) is 40.9 Å². The predicted octanol–water partition coefficient (Wildman–Crippen LogP) is 5.61. The lowest BCUT2D eigenvalue weighted by atomic mass is 9.88. The van der Waals surface area contributed by atoms with Gasteiger partial charge in [-0.2, -0.15) is 0 Å². The van der Waals surface area contributed by atoms with E-state index in [1.165, 1.54) is 16.7 Å². The maximum absolute atomic E-state index is 13.3. The first kappa shape index (κ1) is 14.3. The molecule has 0 heterocycles. The number of halogens is 2. The molecule has 1 atom stereocenters. The second kappa shape index (κ2) is 5.87. The highest BCUT2D eigenvalue weighted by Crippen LogP contribution is 2.33. The number of benzene rings is 2. The fourth-order valence-corrected chi connectivity index (χ4v) is 3.29. The molecule has 0 saturated heterocycles. The van der Waals surface area contributed by atoms with Crippen LogP contribution in [0.2, 0.25) is 0 Å². The first-order valence-electron chi connectivity index (χ1n) is 6.57. The normalized spacial score (nSPS) is 12.5. The summed E-state index contributed by atoms with van der Waals surface area (Å²) in [6, 6.07) is 11.5. The third kappa shape index (κ3) is 3.06. The van der Waals surface area contributed by atoms with E-state index in [9.17, 15) is 4.39 Å². The van der Waals surface area contributed by atoms with Crippen molar-refractivity contribution >= 4 is 15.9 Å². The van der Waals surface area contributed by atoms with E-state index >= 15 is 0 Å². The molecule has 100 valence electrons. The molecule has 0 radical (unpaired) electrons. The summed E-state index contributed by atoms with van der Waals surface area (Å²) in [4.78, 5) is 0. The SMILES string of the molecule is CCc1cc(F)ccc1C(C)c1ccc(C)cc1Br. The Hall–Kier alpha value is -1.15. The molecular formula is C17H18BrF. The topological polar surface area (TPSA) is 0 Å². The molecule has 0 saturated carbocycles. The highest BCUT2D eigenvalue weighted by molar-refractivity contribution is 9.10. The van der Waals surface area contributed by atoms with E-state index < -0.39 is 0 Å². The van der Waals surface area contributed by atoms with Crippen molar-refractivity contribution in [1.82, 2.24) is 0 Å². The minimum Gasteiger partial charge on any atom is -0.207 e. The van der Waals surface area contributed by atoms with Crippen molar-refractivity contribution in [2.75, 3.05) is 0 Å². The number of hydrogen-bond donors (Lipinski definition) is 0. The smallest absolute Gasteiger partial charge is 0.123 e. The van der Waals surface area contributed by atoms with Gasteiger partial charge in [-0.3, -0.25) is 0 Å². The molecule has 0 aliphatic carbocycles. The standard InChI is InChI=1S/C17H18BrF/c1-4-13-10-14(19)6-8-15(13)12(3)16-7-5-11(2)9-17(16)18/h5-10,12H,4H2,1-3H3. The molecule has 2 heteroatoms. The Labute approximate surface area is 122 Å². The van der Waals surface area contributed by atoms with E-state index in [2.05, 4.69) is 54.9 Å². The van der Waals surface area contributed by atoms with Crippen molar-refractivity contribution in [3.05, 3.63) is 68.9 Å². The second-order valence-corrected chi connectivity index (χ2v) is 5.80. The molecule has 0 nitrogen and oxygen atoms in total. The molecule has 0 aliphatic heterocycles. The zero-order chi connectivity index (χ0) is 14.0. The Morgan fingerprint density at radius 2 is 1.79 bits per heavy atom. The molecule has 2 aromatic rings. The van der Waals surface area contributed by atoms with Gasteiger partial charge in [0.2, 0.25) is 0 Å². The van der Waals surface area contributed by atoms with Crippen LogP contribution in [0.1, 0.15) is 42.0 Å². The van der Waals surface area contributed by atoms with E-state index in [-0.39, 0.29) is 11.7 Å². The number of aryl methyl sites for hydroxylation is 2. The Bertz CT molecular complexity index is 590.